The summed E-state index contributed by atoms with van der Waals surface area (Å²) in [6.07, 6.45) is 0. The van der Waals surface area contributed by atoms with Crippen LogP contribution in [-0.2, 0) is 0 Å². The summed E-state index contributed by atoms with van der Waals surface area (Å²) < 4.78 is 0. The van der Waals surface area contributed by atoms with Crippen LogP contribution in [-0.4, -0.2) is 43.5 Å². The van der Waals surface area contributed by atoms with E-state index in [4.69, 9.17) is 22.7 Å². The Kier molecular flexibility index (Phi) is 4.66. The number of piperazine rings is 1. The third kappa shape index (κ3) is 3.61. The predicted octanol–water partition coefficient (Wildman–Crippen LogP) is 2.03. The van der Waals surface area contributed by atoms with Crippen LogP contribution in [0.3, 0.4) is 0 Å². The molecule has 1 aliphatic heterocycles. The smallest absolute Gasteiger partial charge is 0.0947 e. The highest BCUT2D eigenvalue weighted by Crippen LogP contribution is 2.26. The molecule has 3 N–H and O–H groups in total. The Balaban J connectivity index is 1.89. The quantitative estimate of drug-likeness (QED) is 0.655. The highest BCUT2D eigenvalue weighted by molar-refractivity contribution is 6.33. The summed E-state index contributed by atoms with van der Waals surface area (Å²) >= 11 is 6.22. The number of benzene rings is 1. The van der Waals surface area contributed by atoms with Crippen molar-refractivity contribution in [1.29, 1.82) is 5.41 Å². The van der Waals surface area contributed by atoms with E-state index in [1.165, 1.54) is 0 Å². The van der Waals surface area contributed by atoms with Gasteiger partial charge in [0.25, 0.3) is 0 Å². The lowest BCUT2D eigenvalue weighted by molar-refractivity contribution is 0.243. The van der Waals surface area contributed by atoms with Crippen molar-refractivity contribution in [3.05, 3.63) is 29.3 Å². The lowest BCUT2D eigenvalue weighted by Gasteiger charge is -2.37. The zero-order valence-electron chi connectivity index (χ0n) is 11.3. The summed E-state index contributed by atoms with van der Waals surface area (Å²) in [5, 5.41) is 8.26. The molecule has 4 nitrogen and oxygen atoms in total. The van der Waals surface area contributed by atoms with Gasteiger partial charge < -0.3 is 10.6 Å². The third-order valence-electron chi connectivity index (χ3n) is 3.63. The lowest BCUT2D eigenvalue weighted by atomic mass is 10.1. The second kappa shape index (κ2) is 6.26. The molecule has 1 aromatic carbocycles. The van der Waals surface area contributed by atoms with E-state index in [1.54, 1.807) is 0 Å². The highest BCUT2D eigenvalue weighted by atomic mass is 35.5. The SMILES string of the molecule is CC(CN1CCN(c2ccccc2Cl)CC1)C(=N)N. The van der Waals surface area contributed by atoms with Crippen LogP contribution in [0, 0.1) is 11.3 Å². The zero-order chi connectivity index (χ0) is 13.8. The number of nitrogens with one attached hydrogen (secondary N) is 1. The van der Waals surface area contributed by atoms with E-state index in [0.717, 1.165) is 43.4 Å². The molecule has 0 aliphatic carbocycles. The van der Waals surface area contributed by atoms with Gasteiger partial charge in [-0.2, -0.15) is 0 Å². The van der Waals surface area contributed by atoms with E-state index in [1.807, 2.05) is 25.1 Å². The number of rotatable bonds is 4. The van der Waals surface area contributed by atoms with Crippen LogP contribution in [0.25, 0.3) is 0 Å². The van der Waals surface area contributed by atoms with Gasteiger partial charge >= 0.3 is 0 Å². The molecule has 0 radical (unpaired) electrons. The average Bonchev–Trinajstić information content (AvgIpc) is 2.40. The van der Waals surface area contributed by atoms with Crippen LogP contribution < -0.4 is 10.6 Å². The fourth-order valence-electron chi connectivity index (χ4n) is 2.37. The van der Waals surface area contributed by atoms with Gasteiger partial charge in [0.1, 0.15) is 0 Å². The van der Waals surface area contributed by atoms with Gasteiger partial charge in [-0.15, -0.1) is 0 Å². The molecule has 0 bridgehead atoms. The minimum Gasteiger partial charge on any atom is -0.387 e. The Hall–Kier alpha value is -1.26. The first-order chi connectivity index (χ1) is 9.08. The fraction of sp³-hybridized carbons (Fsp3) is 0.500. The number of amidine groups is 1. The summed E-state index contributed by atoms with van der Waals surface area (Å²) in [6, 6.07) is 7.97. The Labute approximate surface area is 119 Å². The molecule has 1 atom stereocenters. The molecule has 1 aromatic rings. The zero-order valence-corrected chi connectivity index (χ0v) is 12.0. The van der Waals surface area contributed by atoms with Crippen LogP contribution in [0.5, 0.6) is 0 Å². The molecule has 0 spiro atoms. The summed E-state index contributed by atoms with van der Waals surface area (Å²) in [6.45, 7) is 6.78. The van der Waals surface area contributed by atoms with E-state index < -0.39 is 0 Å². The first-order valence-corrected chi connectivity index (χ1v) is 7.01. The van der Waals surface area contributed by atoms with E-state index in [2.05, 4.69) is 15.9 Å². The topological polar surface area (TPSA) is 56.4 Å². The molecular formula is C14H21ClN4. The Morgan fingerprint density at radius 2 is 1.95 bits per heavy atom. The van der Waals surface area contributed by atoms with Crippen LogP contribution in [0.4, 0.5) is 5.69 Å². The maximum Gasteiger partial charge on any atom is 0.0947 e. The first kappa shape index (κ1) is 14.2. The van der Waals surface area contributed by atoms with Gasteiger partial charge in [-0.1, -0.05) is 30.7 Å². The van der Waals surface area contributed by atoms with E-state index in [0.29, 0.717) is 0 Å². The van der Waals surface area contributed by atoms with Crippen molar-refractivity contribution in [2.45, 2.75) is 6.92 Å². The molecule has 19 heavy (non-hydrogen) atoms. The number of para-hydroxylation sites is 1. The summed E-state index contributed by atoms with van der Waals surface area (Å²) in [5.41, 5.74) is 6.63. The van der Waals surface area contributed by atoms with Crippen LogP contribution in [0.2, 0.25) is 5.02 Å². The van der Waals surface area contributed by atoms with E-state index in [-0.39, 0.29) is 11.8 Å². The maximum atomic E-state index is 7.44. The van der Waals surface area contributed by atoms with Crippen molar-refractivity contribution in [2.24, 2.45) is 11.7 Å². The van der Waals surface area contributed by atoms with Crippen molar-refractivity contribution >= 4 is 23.1 Å². The Morgan fingerprint density at radius 1 is 1.32 bits per heavy atom. The van der Waals surface area contributed by atoms with E-state index >= 15 is 0 Å². The third-order valence-corrected chi connectivity index (χ3v) is 3.95. The second-order valence-electron chi connectivity index (χ2n) is 5.10. The van der Waals surface area contributed by atoms with Crippen LogP contribution in [0.15, 0.2) is 24.3 Å². The largest absolute Gasteiger partial charge is 0.387 e. The van der Waals surface area contributed by atoms with Crippen LogP contribution >= 0.6 is 11.6 Å². The average molecular weight is 281 g/mol. The normalized spacial score (nSPS) is 18.3. The molecule has 0 aromatic heterocycles. The molecule has 1 aliphatic rings. The van der Waals surface area contributed by atoms with E-state index in [9.17, 15) is 0 Å². The second-order valence-corrected chi connectivity index (χ2v) is 5.50. The monoisotopic (exact) mass is 280 g/mol. The molecule has 5 heteroatoms. The summed E-state index contributed by atoms with van der Waals surface area (Å²) in [5.74, 6) is 0.403. The molecule has 2 rings (SSSR count). The van der Waals surface area contributed by atoms with Gasteiger partial charge in [-0.3, -0.25) is 10.3 Å². The highest BCUT2D eigenvalue weighted by Gasteiger charge is 2.20. The number of anilines is 1. The summed E-state index contributed by atoms with van der Waals surface area (Å²) in [7, 11) is 0. The molecule has 1 heterocycles. The molecule has 104 valence electrons. The number of hydrogen-bond acceptors (Lipinski definition) is 3. The number of nitrogens with zero attached hydrogens (tertiary/aromatic N) is 2. The fourth-order valence-corrected chi connectivity index (χ4v) is 2.62. The molecule has 0 saturated carbocycles. The van der Waals surface area contributed by atoms with Gasteiger partial charge in [0.2, 0.25) is 0 Å². The summed E-state index contributed by atoms with van der Waals surface area (Å²) in [4.78, 5) is 4.68. The first-order valence-electron chi connectivity index (χ1n) is 6.63. The predicted molar refractivity (Wildman–Crippen MR) is 81.2 cm³/mol. The van der Waals surface area contributed by atoms with Gasteiger partial charge in [0.15, 0.2) is 0 Å². The van der Waals surface area contributed by atoms with Crippen molar-refractivity contribution in [2.75, 3.05) is 37.6 Å². The molecular weight excluding hydrogens is 260 g/mol. The molecule has 1 fully saturated rings. The van der Waals surface area contributed by atoms with Crippen molar-refractivity contribution in [1.82, 2.24) is 4.90 Å². The van der Waals surface area contributed by atoms with Crippen LogP contribution in [0.1, 0.15) is 6.92 Å². The maximum absolute atomic E-state index is 7.44. The molecule has 0 amide bonds. The van der Waals surface area contributed by atoms with Crippen molar-refractivity contribution in [3.8, 4) is 0 Å². The Bertz CT molecular complexity index is 441. The minimum absolute atomic E-state index is 0.131. The van der Waals surface area contributed by atoms with Crippen molar-refractivity contribution < 1.29 is 0 Å². The number of hydrogen-bond donors (Lipinski definition) is 2. The minimum atomic E-state index is 0.131. The number of nitrogens with two attached hydrogens (primary N) is 1. The Morgan fingerprint density at radius 3 is 2.53 bits per heavy atom. The van der Waals surface area contributed by atoms with Gasteiger partial charge in [0.05, 0.1) is 16.5 Å². The van der Waals surface area contributed by atoms with Gasteiger partial charge in [0, 0.05) is 38.6 Å². The number of halogens is 1. The lowest BCUT2D eigenvalue weighted by Crippen LogP contribution is -2.48. The molecule has 1 unspecified atom stereocenters. The van der Waals surface area contributed by atoms with Gasteiger partial charge in [-0.25, -0.2) is 0 Å². The standard InChI is InChI=1S/C14H21ClN4/c1-11(14(16)17)10-18-6-8-19(9-7-18)13-5-3-2-4-12(13)15/h2-5,11H,6-10H2,1H3,(H3,16,17). The van der Waals surface area contributed by atoms with Crippen molar-refractivity contribution in [3.63, 3.8) is 0 Å². The van der Waals surface area contributed by atoms with Gasteiger partial charge in [-0.05, 0) is 12.1 Å². The molecule has 1 saturated heterocycles.